The van der Waals surface area contributed by atoms with Crippen LogP contribution in [0.2, 0.25) is 0 Å². The lowest BCUT2D eigenvalue weighted by molar-refractivity contribution is -0.141. The molecule has 0 spiro atoms. The van der Waals surface area contributed by atoms with Crippen molar-refractivity contribution in [3.05, 3.63) is 51.9 Å². The van der Waals surface area contributed by atoms with Crippen LogP contribution in [0.4, 0.5) is 18.3 Å². The van der Waals surface area contributed by atoms with E-state index in [0.717, 1.165) is 27.8 Å². The number of hydrogen-bond donors (Lipinski definition) is 1. The van der Waals surface area contributed by atoms with Crippen LogP contribution in [0.1, 0.15) is 11.3 Å². The van der Waals surface area contributed by atoms with Gasteiger partial charge in [0, 0.05) is 31.4 Å². The molecule has 1 aliphatic heterocycles. The van der Waals surface area contributed by atoms with E-state index in [2.05, 4.69) is 10.1 Å². The standard InChI is InChI=1S/C18H16F3N5O5S2/c1-10-8-14(27)22-16-26(10)23-17(32-16)24-6-7-25(13(9-24)15(28)29)33(30,31)12-4-2-11(3-5-12)18(19,20)21/h2-5,8,13H,6-7,9H2,1H3,(H,28,29)/t13-/m1/s1. The molecule has 1 fully saturated rings. The maximum atomic E-state index is 13.0. The Hall–Kier alpha value is -3.04. The number of alkyl halides is 3. The van der Waals surface area contributed by atoms with Crippen molar-refractivity contribution in [2.45, 2.75) is 24.0 Å². The molecule has 0 saturated carbocycles. The Morgan fingerprint density at radius 1 is 1.21 bits per heavy atom. The fourth-order valence-corrected chi connectivity index (χ4v) is 6.00. The van der Waals surface area contributed by atoms with Gasteiger partial charge in [-0.15, -0.1) is 5.10 Å². The van der Waals surface area contributed by atoms with Crippen LogP contribution < -0.4 is 10.5 Å². The molecular weight excluding hydrogens is 487 g/mol. The number of rotatable bonds is 4. The van der Waals surface area contributed by atoms with Gasteiger partial charge in [0.2, 0.25) is 20.1 Å². The molecule has 3 aromatic rings. The van der Waals surface area contributed by atoms with Crippen LogP contribution in [0.5, 0.6) is 0 Å². The molecule has 15 heteroatoms. The number of carbonyl (C=O) groups is 1. The van der Waals surface area contributed by atoms with Crippen LogP contribution in [0.3, 0.4) is 0 Å². The van der Waals surface area contributed by atoms with E-state index in [9.17, 15) is 36.3 Å². The lowest BCUT2D eigenvalue weighted by Gasteiger charge is -2.38. The summed E-state index contributed by atoms with van der Waals surface area (Å²) in [6.45, 7) is 1.25. The molecule has 3 heterocycles. The molecule has 33 heavy (non-hydrogen) atoms. The Labute approximate surface area is 188 Å². The highest BCUT2D eigenvalue weighted by Crippen LogP contribution is 2.31. The van der Waals surface area contributed by atoms with Gasteiger partial charge in [0.25, 0.3) is 5.56 Å². The number of sulfonamides is 1. The quantitative estimate of drug-likeness (QED) is 0.567. The van der Waals surface area contributed by atoms with Gasteiger partial charge in [-0.1, -0.05) is 11.3 Å². The molecule has 10 nitrogen and oxygen atoms in total. The number of hydrogen-bond acceptors (Lipinski definition) is 8. The maximum Gasteiger partial charge on any atom is 0.416 e. The second-order valence-corrected chi connectivity index (χ2v) is 10.1. The van der Waals surface area contributed by atoms with Crippen molar-refractivity contribution in [1.29, 1.82) is 0 Å². The summed E-state index contributed by atoms with van der Waals surface area (Å²) in [4.78, 5) is 28.8. The Kier molecular flexibility index (Phi) is 5.66. The first-order valence-electron chi connectivity index (χ1n) is 9.42. The summed E-state index contributed by atoms with van der Waals surface area (Å²) >= 11 is 1.05. The zero-order valence-corrected chi connectivity index (χ0v) is 18.5. The van der Waals surface area contributed by atoms with Crippen molar-refractivity contribution in [2.24, 2.45) is 0 Å². The number of nitrogens with zero attached hydrogens (tertiary/aromatic N) is 5. The lowest BCUT2D eigenvalue weighted by Crippen LogP contribution is -2.58. The molecule has 0 aliphatic carbocycles. The molecule has 1 aromatic carbocycles. The molecule has 1 N–H and O–H groups in total. The lowest BCUT2D eigenvalue weighted by atomic mass is 10.2. The third-order valence-electron chi connectivity index (χ3n) is 5.10. The predicted octanol–water partition coefficient (Wildman–Crippen LogP) is 1.44. The van der Waals surface area contributed by atoms with E-state index in [1.54, 1.807) is 11.8 Å². The molecule has 1 atom stereocenters. The van der Waals surface area contributed by atoms with Crippen molar-refractivity contribution >= 4 is 37.4 Å². The summed E-state index contributed by atoms with van der Waals surface area (Å²) < 4.78 is 66.6. The molecule has 1 aliphatic rings. The summed E-state index contributed by atoms with van der Waals surface area (Å²) in [6.07, 6.45) is -4.63. The van der Waals surface area contributed by atoms with Crippen molar-refractivity contribution in [1.82, 2.24) is 18.9 Å². The van der Waals surface area contributed by atoms with Crippen molar-refractivity contribution < 1.29 is 31.5 Å². The van der Waals surface area contributed by atoms with E-state index >= 15 is 0 Å². The number of halogens is 3. The average Bonchev–Trinajstić information content (AvgIpc) is 3.17. The van der Waals surface area contributed by atoms with Crippen molar-refractivity contribution in [2.75, 3.05) is 24.5 Å². The second-order valence-electron chi connectivity index (χ2n) is 7.25. The molecule has 1 saturated heterocycles. The average molecular weight is 503 g/mol. The van der Waals surface area contributed by atoms with Gasteiger partial charge in [-0.25, -0.2) is 12.9 Å². The summed E-state index contributed by atoms with van der Waals surface area (Å²) in [7, 11) is -4.38. The topological polar surface area (TPSA) is 125 Å². The Balaban J connectivity index is 1.63. The minimum absolute atomic E-state index is 0.0767. The number of carboxylic acids is 1. The van der Waals surface area contributed by atoms with E-state index in [-0.39, 0.29) is 19.6 Å². The van der Waals surface area contributed by atoms with Crippen LogP contribution in [-0.2, 0) is 21.0 Å². The van der Waals surface area contributed by atoms with Gasteiger partial charge in [0.1, 0.15) is 6.04 Å². The van der Waals surface area contributed by atoms with Crippen LogP contribution in [-0.4, -0.2) is 64.1 Å². The largest absolute Gasteiger partial charge is 0.480 e. The number of piperazine rings is 1. The first-order valence-corrected chi connectivity index (χ1v) is 11.7. The molecule has 0 unspecified atom stereocenters. The van der Waals surface area contributed by atoms with Crippen LogP contribution in [0.15, 0.2) is 40.0 Å². The molecule has 0 bridgehead atoms. The molecule has 0 radical (unpaired) electrons. The van der Waals surface area contributed by atoms with Crippen molar-refractivity contribution in [3.63, 3.8) is 0 Å². The highest BCUT2D eigenvalue weighted by Gasteiger charge is 2.41. The van der Waals surface area contributed by atoms with Gasteiger partial charge in [-0.05, 0) is 31.2 Å². The SMILES string of the molecule is Cc1cc(=O)nc2sc(N3CCN(S(=O)(=O)c4ccc(C(F)(F)F)cc4)[C@@H](C(=O)O)C3)nn12. The highest BCUT2D eigenvalue weighted by molar-refractivity contribution is 7.89. The normalized spacial score (nSPS) is 18.1. The zero-order chi connectivity index (χ0) is 24.1. The molecular formula is C18H16F3N5O5S2. The van der Waals surface area contributed by atoms with E-state index in [4.69, 9.17) is 0 Å². The summed E-state index contributed by atoms with van der Waals surface area (Å²) in [6, 6.07) is 2.68. The van der Waals surface area contributed by atoms with Gasteiger partial charge in [-0.2, -0.15) is 22.5 Å². The van der Waals surface area contributed by atoms with Gasteiger partial charge >= 0.3 is 12.1 Å². The predicted molar refractivity (Wildman–Crippen MR) is 111 cm³/mol. The zero-order valence-electron chi connectivity index (χ0n) is 16.9. The van der Waals surface area contributed by atoms with Gasteiger partial charge in [0.05, 0.1) is 10.5 Å². The number of aliphatic carboxylic acids is 1. The highest BCUT2D eigenvalue weighted by atomic mass is 32.2. The third-order valence-corrected chi connectivity index (χ3v) is 7.99. The summed E-state index contributed by atoms with van der Waals surface area (Å²) in [5, 5.41) is 14.4. The first kappa shape index (κ1) is 23.1. The van der Waals surface area contributed by atoms with Gasteiger partial charge in [0.15, 0.2) is 0 Å². The van der Waals surface area contributed by atoms with E-state index < -0.39 is 44.2 Å². The van der Waals surface area contributed by atoms with Crippen LogP contribution >= 0.6 is 11.3 Å². The molecule has 176 valence electrons. The Bertz CT molecular complexity index is 1390. The number of aromatic nitrogens is 3. The number of benzene rings is 1. The minimum atomic E-state index is -4.63. The van der Waals surface area contributed by atoms with E-state index in [1.165, 1.54) is 10.6 Å². The van der Waals surface area contributed by atoms with Gasteiger partial charge < -0.3 is 10.0 Å². The van der Waals surface area contributed by atoms with Crippen molar-refractivity contribution in [3.8, 4) is 0 Å². The van der Waals surface area contributed by atoms with E-state index in [0.29, 0.717) is 27.9 Å². The monoisotopic (exact) mass is 503 g/mol. The Morgan fingerprint density at radius 2 is 1.88 bits per heavy atom. The second kappa shape index (κ2) is 8.07. The first-order chi connectivity index (χ1) is 15.4. The third kappa shape index (κ3) is 4.30. The summed E-state index contributed by atoms with van der Waals surface area (Å²) in [5.74, 6) is -1.42. The number of aryl methyl sites for hydroxylation is 1. The van der Waals surface area contributed by atoms with Crippen LogP contribution in [0.25, 0.3) is 4.96 Å². The summed E-state index contributed by atoms with van der Waals surface area (Å²) in [5.41, 5.74) is -0.927. The molecule has 0 amide bonds. The van der Waals surface area contributed by atoms with Gasteiger partial charge in [-0.3, -0.25) is 9.59 Å². The number of carboxylic acid groups (broad SMARTS) is 1. The Morgan fingerprint density at radius 3 is 2.48 bits per heavy atom. The molecule has 4 rings (SSSR count). The van der Waals surface area contributed by atoms with E-state index in [1.807, 2.05) is 0 Å². The fourth-order valence-electron chi connectivity index (χ4n) is 3.45. The number of fused-ring (bicyclic) bond motifs is 1. The van der Waals surface area contributed by atoms with Crippen LogP contribution in [0, 0.1) is 6.92 Å². The fraction of sp³-hybridized carbons (Fsp3) is 0.333. The number of anilines is 1. The smallest absolute Gasteiger partial charge is 0.416 e. The molecule has 2 aromatic heterocycles. The minimum Gasteiger partial charge on any atom is -0.480 e. The maximum absolute atomic E-state index is 13.0.